The van der Waals surface area contributed by atoms with E-state index in [1.807, 2.05) is 55.5 Å². The Kier molecular flexibility index (Phi) is 6.19. The number of amides is 1. The summed E-state index contributed by atoms with van der Waals surface area (Å²) in [5.41, 5.74) is 3.33. The van der Waals surface area contributed by atoms with Crippen molar-refractivity contribution in [1.29, 1.82) is 0 Å². The van der Waals surface area contributed by atoms with E-state index in [0.717, 1.165) is 27.0 Å². The number of benzene rings is 2. The summed E-state index contributed by atoms with van der Waals surface area (Å²) in [5, 5.41) is 7.33. The van der Waals surface area contributed by atoms with Crippen molar-refractivity contribution in [1.82, 2.24) is 9.78 Å². The fourth-order valence-electron chi connectivity index (χ4n) is 2.70. The molecule has 0 saturated carbocycles. The number of rotatable bonds is 6. The number of hydrogen-bond donors (Lipinski definition) is 1. The number of aryl methyl sites for hydroxylation is 2. The number of carbonyl (C=O) groups is 1. The molecule has 138 valence electrons. The predicted octanol–water partition coefficient (Wildman–Crippen LogP) is 4.40. The molecular weight excluding hydrogens is 406 g/mol. The summed E-state index contributed by atoms with van der Waals surface area (Å²) >= 11 is 3.41. The van der Waals surface area contributed by atoms with Crippen LogP contribution >= 0.6 is 15.9 Å². The number of nitrogens with zero attached hydrogens (tertiary/aromatic N) is 2. The molecule has 5 nitrogen and oxygen atoms in total. The average Bonchev–Trinajstić information content (AvgIpc) is 2.66. The standard InChI is InChI=1S/C21H20BrN3O2/c1-15-5-2-3-6-18(15)23-20(26)7-4-14-25-21(27)13-12-19(24-25)16-8-10-17(22)11-9-16/h2-3,5-6,8-13H,4,7,14H2,1H3,(H,23,26). The van der Waals surface area contributed by atoms with Crippen LogP contribution in [0.5, 0.6) is 0 Å². The van der Waals surface area contributed by atoms with Crippen molar-refractivity contribution in [2.24, 2.45) is 0 Å². The topological polar surface area (TPSA) is 64.0 Å². The summed E-state index contributed by atoms with van der Waals surface area (Å²) in [4.78, 5) is 24.2. The second-order valence-corrected chi connectivity index (χ2v) is 7.17. The average molecular weight is 426 g/mol. The van der Waals surface area contributed by atoms with Crippen LogP contribution < -0.4 is 10.9 Å². The molecule has 1 aromatic heterocycles. The minimum Gasteiger partial charge on any atom is -0.326 e. The fourth-order valence-corrected chi connectivity index (χ4v) is 2.96. The van der Waals surface area contributed by atoms with Gasteiger partial charge in [0, 0.05) is 34.8 Å². The Bertz CT molecular complexity index is 997. The molecule has 1 amide bonds. The molecule has 0 atom stereocenters. The van der Waals surface area contributed by atoms with Crippen LogP contribution in [0.15, 0.2) is 69.9 Å². The molecule has 6 heteroatoms. The van der Waals surface area contributed by atoms with Gasteiger partial charge in [0.2, 0.25) is 5.91 Å². The van der Waals surface area contributed by atoms with Crippen LogP contribution in [0.2, 0.25) is 0 Å². The molecule has 1 N–H and O–H groups in total. The third-order valence-electron chi connectivity index (χ3n) is 4.20. The van der Waals surface area contributed by atoms with Crippen LogP contribution in [-0.4, -0.2) is 15.7 Å². The molecule has 0 fully saturated rings. The number of nitrogens with one attached hydrogen (secondary N) is 1. The van der Waals surface area contributed by atoms with E-state index >= 15 is 0 Å². The van der Waals surface area contributed by atoms with Crippen molar-refractivity contribution in [2.45, 2.75) is 26.3 Å². The molecular formula is C21H20BrN3O2. The highest BCUT2D eigenvalue weighted by Gasteiger charge is 2.07. The summed E-state index contributed by atoms with van der Waals surface area (Å²) < 4.78 is 2.40. The molecule has 3 rings (SSSR count). The third kappa shape index (κ3) is 5.14. The number of carbonyl (C=O) groups excluding carboxylic acids is 1. The first kappa shape index (κ1) is 19.0. The zero-order valence-electron chi connectivity index (χ0n) is 15.0. The lowest BCUT2D eigenvalue weighted by atomic mass is 10.1. The zero-order valence-corrected chi connectivity index (χ0v) is 16.6. The summed E-state index contributed by atoms with van der Waals surface area (Å²) in [5.74, 6) is -0.0681. The van der Waals surface area contributed by atoms with Crippen LogP contribution in [-0.2, 0) is 11.3 Å². The van der Waals surface area contributed by atoms with Gasteiger partial charge in [0.15, 0.2) is 0 Å². The van der Waals surface area contributed by atoms with E-state index in [1.54, 1.807) is 6.07 Å². The lowest BCUT2D eigenvalue weighted by molar-refractivity contribution is -0.116. The van der Waals surface area contributed by atoms with Gasteiger partial charge in [0.25, 0.3) is 5.56 Å². The molecule has 2 aromatic carbocycles. The van der Waals surface area contributed by atoms with E-state index in [9.17, 15) is 9.59 Å². The number of hydrogen-bond acceptors (Lipinski definition) is 3. The van der Waals surface area contributed by atoms with Gasteiger partial charge in [-0.25, -0.2) is 4.68 Å². The molecule has 0 saturated heterocycles. The minimum absolute atomic E-state index is 0.0681. The van der Waals surface area contributed by atoms with Gasteiger partial charge in [-0.05, 0) is 43.2 Å². The first-order valence-electron chi connectivity index (χ1n) is 8.72. The number of aromatic nitrogens is 2. The van der Waals surface area contributed by atoms with Crippen LogP contribution in [0.1, 0.15) is 18.4 Å². The molecule has 0 aliphatic heterocycles. The largest absolute Gasteiger partial charge is 0.326 e. The summed E-state index contributed by atoms with van der Waals surface area (Å²) in [6.07, 6.45) is 0.860. The Morgan fingerprint density at radius 3 is 2.56 bits per heavy atom. The van der Waals surface area contributed by atoms with Crippen molar-refractivity contribution in [3.63, 3.8) is 0 Å². The molecule has 3 aromatic rings. The lowest BCUT2D eigenvalue weighted by Gasteiger charge is -2.09. The smallest absolute Gasteiger partial charge is 0.266 e. The van der Waals surface area contributed by atoms with E-state index in [4.69, 9.17) is 0 Å². The quantitative estimate of drug-likeness (QED) is 0.636. The highest BCUT2D eigenvalue weighted by atomic mass is 79.9. The summed E-state index contributed by atoms with van der Waals surface area (Å²) in [6, 6.07) is 18.6. The van der Waals surface area contributed by atoms with E-state index in [0.29, 0.717) is 19.4 Å². The lowest BCUT2D eigenvalue weighted by Crippen LogP contribution is -2.23. The van der Waals surface area contributed by atoms with Crippen molar-refractivity contribution in [3.8, 4) is 11.3 Å². The Morgan fingerprint density at radius 2 is 1.81 bits per heavy atom. The number of anilines is 1. The maximum absolute atomic E-state index is 12.1. The number of halogens is 1. The molecule has 0 radical (unpaired) electrons. The van der Waals surface area contributed by atoms with Gasteiger partial charge in [-0.15, -0.1) is 0 Å². The van der Waals surface area contributed by atoms with Gasteiger partial charge in [0.05, 0.1) is 5.69 Å². The van der Waals surface area contributed by atoms with Crippen LogP contribution in [0.25, 0.3) is 11.3 Å². The Morgan fingerprint density at radius 1 is 1.07 bits per heavy atom. The molecule has 0 aliphatic rings. The Labute approximate surface area is 166 Å². The third-order valence-corrected chi connectivity index (χ3v) is 4.73. The van der Waals surface area contributed by atoms with Gasteiger partial charge >= 0.3 is 0 Å². The van der Waals surface area contributed by atoms with Gasteiger partial charge in [-0.3, -0.25) is 9.59 Å². The van der Waals surface area contributed by atoms with Crippen molar-refractivity contribution in [3.05, 3.63) is 81.1 Å². The maximum atomic E-state index is 12.1. The van der Waals surface area contributed by atoms with Crippen LogP contribution in [0, 0.1) is 6.92 Å². The van der Waals surface area contributed by atoms with Gasteiger partial charge in [-0.2, -0.15) is 5.10 Å². The van der Waals surface area contributed by atoms with Crippen molar-refractivity contribution >= 4 is 27.5 Å². The van der Waals surface area contributed by atoms with Crippen LogP contribution in [0.4, 0.5) is 5.69 Å². The molecule has 0 unspecified atom stereocenters. The molecule has 0 spiro atoms. The fraction of sp³-hybridized carbons (Fsp3) is 0.190. The van der Waals surface area contributed by atoms with Gasteiger partial charge in [-0.1, -0.05) is 46.3 Å². The highest BCUT2D eigenvalue weighted by Crippen LogP contribution is 2.19. The van der Waals surface area contributed by atoms with Crippen LogP contribution in [0.3, 0.4) is 0 Å². The first-order valence-corrected chi connectivity index (χ1v) is 9.52. The monoisotopic (exact) mass is 425 g/mol. The molecule has 0 aliphatic carbocycles. The number of para-hydroxylation sites is 1. The van der Waals surface area contributed by atoms with Gasteiger partial charge in [0.1, 0.15) is 0 Å². The predicted molar refractivity (Wildman–Crippen MR) is 111 cm³/mol. The van der Waals surface area contributed by atoms with Crippen molar-refractivity contribution < 1.29 is 4.79 Å². The van der Waals surface area contributed by atoms with Crippen molar-refractivity contribution in [2.75, 3.05) is 5.32 Å². The highest BCUT2D eigenvalue weighted by molar-refractivity contribution is 9.10. The van der Waals surface area contributed by atoms with E-state index in [-0.39, 0.29) is 11.5 Å². The first-order chi connectivity index (χ1) is 13.0. The van der Waals surface area contributed by atoms with E-state index in [2.05, 4.69) is 26.3 Å². The second-order valence-electron chi connectivity index (χ2n) is 6.25. The van der Waals surface area contributed by atoms with E-state index in [1.165, 1.54) is 10.7 Å². The molecule has 0 bridgehead atoms. The summed E-state index contributed by atoms with van der Waals surface area (Å²) in [6.45, 7) is 2.34. The van der Waals surface area contributed by atoms with E-state index < -0.39 is 0 Å². The Hall–Kier alpha value is -2.73. The minimum atomic E-state index is -0.171. The maximum Gasteiger partial charge on any atom is 0.266 e. The zero-order chi connectivity index (χ0) is 19.2. The second kappa shape index (κ2) is 8.77. The summed E-state index contributed by atoms with van der Waals surface area (Å²) in [7, 11) is 0. The normalized spacial score (nSPS) is 10.6. The Balaban J connectivity index is 1.61. The van der Waals surface area contributed by atoms with Gasteiger partial charge < -0.3 is 5.32 Å². The molecule has 27 heavy (non-hydrogen) atoms. The molecule has 1 heterocycles. The SMILES string of the molecule is Cc1ccccc1NC(=O)CCCn1nc(-c2ccc(Br)cc2)ccc1=O.